The van der Waals surface area contributed by atoms with Crippen LogP contribution in [0.3, 0.4) is 0 Å². The number of aromatic hydroxyl groups is 2. The zero-order valence-electron chi connectivity index (χ0n) is 18.4. The smallest absolute Gasteiger partial charge is 0.315 e. The van der Waals surface area contributed by atoms with Gasteiger partial charge in [-0.05, 0) is 59.2 Å². The molecule has 0 spiro atoms. The average molecular weight is 506 g/mol. The number of nitrogens with one attached hydrogen (secondary N) is 1. The third-order valence-corrected chi connectivity index (χ3v) is 5.71. The Labute approximate surface area is 212 Å². The largest absolute Gasteiger partial charge is 0.508 e. The van der Waals surface area contributed by atoms with E-state index in [1.165, 1.54) is 6.07 Å². The summed E-state index contributed by atoms with van der Waals surface area (Å²) in [7, 11) is 0. The van der Waals surface area contributed by atoms with Crippen molar-refractivity contribution in [2.24, 2.45) is 0 Å². The van der Waals surface area contributed by atoms with Crippen LogP contribution in [0.25, 0.3) is 12.2 Å². The fraction of sp³-hybridized carbons (Fsp3) is 0.0357. The number of phenols is 2. The van der Waals surface area contributed by atoms with E-state index >= 15 is 0 Å². The lowest BCUT2D eigenvalue weighted by Gasteiger charge is -2.14. The highest BCUT2D eigenvalue weighted by Gasteiger charge is 2.13. The van der Waals surface area contributed by atoms with Crippen molar-refractivity contribution in [1.29, 1.82) is 0 Å². The summed E-state index contributed by atoms with van der Waals surface area (Å²) in [6.07, 6.45) is 3.58. The number of benzene rings is 4. The fourth-order valence-electron chi connectivity index (χ4n) is 3.41. The van der Waals surface area contributed by atoms with Gasteiger partial charge in [0.15, 0.2) is 0 Å². The third kappa shape index (κ3) is 6.57. The maximum atomic E-state index is 12.7. The number of halogens is 2. The molecule has 0 unspecified atom stereocenters. The summed E-state index contributed by atoms with van der Waals surface area (Å²) in [5.74, 6) is -0.125. The fourth-order valence-corrected chi connectivity index (χ4v) is 3.90. The van der Waals surface area contributed by atoms with Crippen LogP contribution in [-0.4, -0.2) is 16.2 Å². The van der Waals surface area contributed by atoms with Gasteiger partial charge < -0.3 is 20.3 Å². The van der Waals surface area contributed by atoms with Crippen LogP contribution in [0.1, 0.15) is 16.7 Å². The third-order valence-electron chi connectivity index (χ3n) is 5.08. The van der Waals surface area contributed by atoms with Crippen LogP contribution in [0.2, 0.25) is 10.0 Å². The molecule has 0 radical (unpaired) electrons. The van der Waals surface area contributed by atoms with Crippen molar-refractivity contribution in [3.05, 3.63) is 112 Å². The minimum Gasteiger partial charge on any atom is -0.508 e. The number of para-hydroxylation sites is 2. The van der Waals surface area contributed by atoms with E-state index < -0.39 is 5.97 Å². The Hall–Kier alpha value is -3.93. The van der Waals surface area contributed by atoms with Gasteiger partial charge >= 0.3 is 5.97 Å². The number of phenolic OH excluding ortho intramolecular Hbond substituents is 2. The second-order valence-corrected chi connectivity index (χ2v) is 8.53. The van der Waals surface area contributed by atoms with Gasteiger partial charge in [-0.2, -0.15) is 0 Å². The standard InChI is InChI=1S/C28H21Cl2NO4/c29-24-5-3-6-25(30)28(24)31-26-7-2-1-4-20(26)16-27(34)35-23-15-19(14-22(33)17-23)9-8-18-10-12-21(32)13-11-18/h1-15,17,31-33H,16H2/b9-8+. The molecule has 0 atom stereocenters. The second-order valence-electron chi connectivity index (χ2n) is 7.71. The van der Waals surface area contributed by atoms with E-state index in [1.54, 1.807) is 60.7 Å². The molecule has 0 fully saturated rings. The molecule has 0 amide bonds. The molecule has 0 saturated carbocycles. The number of ether oxygens (including phenoxy) is 1. The molecule has 0 heterocycles. The molecule has 35 heavy (non-hydrogen) atoms. The second kappa shape index (κ2) is 11.0. The predicted molar refractivity (Wildman–Crippen MR) is 141 cm³/mol. The van der Waals surface area contributed by atoms with Crippen LogP contribution in [0.5, 0.6) is 17.2 Å². The van der Waals surface area contributed by atoms with Crippen molar-refractivity contribution in [3.8, 4) is 17.2 Å². The Bertz CT molecular complexity index is 1360. The summed E-state index contributed by atoms with van der Waals surface area (Å²) in [5, 5.41) is 23.6. The maximum Gasteiger partial charge on any atom is 0.315 e. The van der Waals surface area contributed by atoms with Crippen molar-refractivity contribution in [1.82, 2.24) is 0 Å². The van der Waals surface area contributed by atoms with Crippen LogP contribution < -0.4 is 10.1 Å². The van der Waals surface area contributed by atoms with Gasteiger partial charge in [0.1, 0.15) is 17.2 Å². The summed E-state index contributed by atoms with van der Waals surface area (Å²) in [6.45, 7) is 0. The number of carbonyl (C=O) groups is 1. The molecule has 7 heteroatoms. The van der Waals surface area contributed by atoms with Gasteiger partial charge in [0.2, 0.25) is 0 Å². The van der Waals surface area contributed by atoms with Gasteiger partial charge in [-0.25, -0.2) is 0 Å². The molecule has 0 saturated heterocycles. The van der Waals surface area contributed by atoms with Crippen LogP contribution in [-0.2, 0) is 11.2 Å². The first-order valence-electron chi connectivity index (χ1n) is 10.7. The van der Waals surface area contributed by atoms with Gasteiger partial charge in [-0.1, -0.05) is 71.8 Å². The van der Waals surface area contributed by atoms with E-state index in [-0.39, 0.29) is 23.7 Å². The molecule has 3 N–H and O–H groups in total. The first-order valence-corrected chi connectivity index (χ1v) is 11.4. The summed E-state index contributed by atoms with van der Waals surface area (Å²) < 4.78 is 5.51. The molecule has 176 valence electrons. The number of esters is 1. The first-order chi connectivity index (χ1) is 16.9. The molecule has 0 aliphatic heterocycles. The number of hydrogen-bond donors (Lipinski definition) is 3. The first kappa shape index (κ1) is 24.2. The number of carbonyl (C=O) groups excluding carboxylic acids is 1. The van der Waals surface area contributed by atoms with Crippen molar-refractivity contribution in [3.63, 3.8) is 0 Å². The van der Waals surface area contributed by atoms with Crippen molar-refractivity contribution in [2.45, 2.75) is 6.42 Å². The van der Waals surface area contributed by atoms with Crippen molar-refractivity contribution < 1.29 is 19.7 Å². The Morgan fingerprint density at radius 1 is 0.800 bits per heavy atom. The van der Waals surface area contributed by atoms with Crippen LogP contribution in [0.15, 0.2) is 84.9 Å². The van der Waals surface area contributed by atoms with E-state index in [9.17, 15) is 15.0 Å². The topological polar surface area (TPSA) is 78.8 Å². The molecule has 4 rings (SSSR count). The quantitative estimate of drug-likeness (QED) is 0.138. The normalized spacial score (nSPS) is 10.9. The molecule has 0 aliphatic rings. The van der Waals surface area contributed by atoms with Crippen LogP contribution in [0.4, 0.5) is 11.4 Å². The SMILES string of the molecule is O=C(Cc1ccccc1Nc1c(Cl)cccc1Cl)Oc1cc(O)cc(/C=C/c2ccc(O)cc2)c1. The van der Waals surface area contributed by atoms with E-state index in [0.29, 0.717) is 32.5 Å². The Balaban J connectivity index is 1.48. The lowest BCUT2D eigenvalue weighted by atomic mass is 10.1. The summed E-state index contributed by atoms with van der Waals surface area (Å²) >= 11 is 12.5. The minimum absolute atomic E-state index is 0.0143. The molecule has 0 bridgehead atoms. The van der Waals surface area contributed by atoms with Gasteiger partial charge in [0.25, 0.3) is 0 Å². The molecular formula is C28H21Cl2NO4. The zero-order chi connectivity index (χ0) is 24.8. The van der Waals surface area contributed by atoms with Gasteiger partial charge in [-0.3, -0.25) is 4.79 Å². The molecule has 0 aromatic heterocycles. The Kier molecular flexibility index (Phi) is 7.60. The molecular weight excluding hydrogens is 485 g/mol. The molecule has 4 aromatic carbocycles. The van der Waals surface area contributed by atoms with Crippen molar-refractivity contribution >= 4 is 52.7 Å². The van der Waals surface area contributed by atoms with Crippen molar-refractivity contribution in [2.75, 3.05) is 5.32 Å². The van der Waals surface area contributed by atoms with E-state index in [4.69, 9.17) is 27.9 Å². The highest BCUT2D eigenvalue weighted by Crippen LogP contribution is 2.34. The molecule has 5 nitrogen and oxygen atoms in total. The van der Waals surface area contributed by atoms with Gasteiger partial charge in [0.05, 0.1) is 22.2 Å². The molecule has 0 aliphatic carbocycles. The lowest BCUT2D eigenvalue weighted by molar-refractivity contribution is -0.133. The number of anilines is 2. The maximum absolute atomic E-state index is 12.7. The lowest BCUT2D eigenvalue weighted by Crippen LogP contribution is -2.12. The minimum atomic E-state index is -0.497. The predicted octanol–water partition coefficient (Wildman–Crippen LogP) is 7.47. The Morgan fingerprint density at radius 2 is 1.49 bits per heavy atom. The molecule has 4 aromatic rings. The van der Waals surface area contributed by atoms with Crippen LogP contribution in [0, 0.1) is 0 Å². The highest BCUT2D eigenvalue weighted by molar-refractivity contribution is 6.39. The summed E-state index contributed by atoms with van der Waals surface area (Å²) in [5.41, 5.74) is 3.44. The van der Waals surface area contributed by atoms with Crippen LogP contribution >= 0.6 is 23.2 Å². The monoisotopic (exact) mass is 505 g/mol. The van der Waals surface area contributed by atoms with E-state index in [0.717, 1.165) is 5.56 Å². The number of hydrogen-bond acceptors (Lipinski definition) is 5. The van der Waals surface area contributed by atoms with Gasteiger partial charge in [-0.15, -0.1) is 0 Å². The van der Waals surface area contributed by atoms with E-state index in [1.807, 2.05) is 30.3 Å². The summed E-state index contributed by atoms with van der Waals surface area (Å²) in [6, 6.07) is 23.8. The van der Waals surface area contributed by atoms with E-state index in [2.05, 4.69) is 5.32 Å². The average Bonchev–Trinajstić information content (AvgIpc) is 2.82. The summed E-state index contributed by atoms with van der Waals surface area (Å²) in [4.78, 5) is 12.7. The highest BCUT2D eigenvalue weighted by atomic mass is 35.5. The number of rotatable bonds is 7. The van der Waals surface area contributed by atoms with Gasteiger partial charge in [0, 0.05) is 11.8 Å². The zero-order valence-corrected chi connectivity index (χ0v) is 19.9. The Morgan fingerprint density at radius 3 is 2.23 bits per heavy atom.